The number of nitro benzene ring substituents is 1. The van der Waals surface area contributed by atoms with Gasteiger partial charge in [-0.3, -0.25) is 14.9 Å². The first-order valence-corrected chi connectivity index (χ1v) is 12.6. The minimum atomic E-state index is -4.73. The maximum atomic E-state index is 13.5. The quantitative estimate of drug-likeness (QED) is 0.246. The largest absolute Gasteiger partial charge is 0.416 e. The Morgan fingerprint density at radius 1 is 0.897 bits per heavy atom. The van der Waals surface area contributed by atoms with E-state index in [2.05, 4.69) is 5.32 Å². The van der Waals surface area contributed by atoms with Crippen LogP contribution in [-0.2, 0) is 17.1 Å². The summed E-state index contributed by atoms with van der Waals surface area (Å²) in [6, 6.07) is 5.73. The number of alkyl halides is 6. The molecule has 0 bridgehead atoms. The van der Waals surface area contributed by atoms with E-state index in [4.69, 9.17) is 0 Å². The maximum Gasteiger partial charge on any atom is 0.416 e. The fourth-order valence-corrected chi connectivity index (χ4v) is 5.25. The van der Waals surface area contributed by atoms with Crippen LogP contribution in [-0.4, -0.2) is 36.5 Å². The van der Waals surface area contributed by atoms with Crippen molar-refractivity contribution in [2.45, 2.75) is 57.4 Å². The maximum absolute atomic E-state index is 13.5. The molecule has 0 aromatic heterocycles. The zero-order chi connectivity index (χ0) is 28.5. The van der Waals surface area contributed by atoms with Crippen LogP contribution >= 0.6 is 0 Å². The topological polar surface area (TPSA) is 78.7 Å². The highest BCUT2D eigenvalue weighted by Crippen LogP contribution is 2.40. The number of carbonyl (C=O) groups excluding carboxylic acids is 1. The first-order valence-electron chi connectivity index (χ1n) is 12.6. The number of benzene rings is 2. The van der Waals surface area contributed by atoms with Gasteiger partial charge in [-0.25, -0.2) is 0 Å². The van der Waals surface area contributed by atoms with E-state index in [1.54, 1.807) is 4.90 Å². The number of hydrogen-bond acceptors (Lipinski definition) is 5. The Kier molecular flexibility index (Phi) is 7.99. The molecule has 7 nitrogen and oxygen atoms in total. The Labute approximate surface area is 220 Å². The Morgan fingerprint density at radius 2 is 1.49 bits per heavy atom. The van der Waals surface area contributed by atoms with Gasteiger partial charge in [-0.2, -0.15) is 26.3 Å². The number of nitrogens with zero attached hydrogens (tertiary/aromatic N) is 3. The summed E-state index contributed by atoms with van der Waals surface area (Å²) in [5.74, 6) is -1.06. The number of rotatable bonds is 5. The van der Waals surface area contributed by atoms with Crippen molar-refractivity contribution in [2.75, 3.05) is 34.8 Å². The lowest BCUT2D eigenvalue weighted by atomic mass is 9.94. The second-order valence-corrected chi connectivity index (χ2v) is 9.98. The van der Waals surface area contributed by atoms with E-state index >= 15 is 0 Å². The van der Waals surface area contributed by atoms with Gasteiger partial charge < -0.3 is 15.1 Å². The molecule has 2 aromatic rings. The van der Waals surface area contributed by atoms with Crippen LogP contribution in [0.4, 0.5) is 49.1 Å². The molecule has 2 saturated heterocycles. The predicted molar refractivity (Wildman–Crippen MR) is 134 cm³/mol. The molecule has 0 radical (unpaired) electrons. The van der Waals surface area contributed by atoms with Crippen LogP contribution in [0.15, 0.2) is 36.4 Å². The fraction of sp³-hybridized carbons (Fsp3) is 0.500. The Hall–Kier alpha value is -3.51. The van der Waals surface area contributed by atoms with Gasteiger partial charge >= 0.3 is 12.4 Å². The van der Waals surface area contributed by atoms with Crippen molar-refractivity contribution in [2.24, 2.45) is 5.92 Å². The number of piperidine rings is 2. The molecule has 1 amide bonds. The molecule has 4 rings (SSSR count). The van der Waals surface area contributed by atoms with E-state index in [9.17, 15) is 41.3 Å². The summed E-state index contributed by atoms with van der Waals surface area (Å²) in [6.45, 7) is 2.95. The molecule has 1 atom stereocenters. The molecule has 39 heavy (non-hydrogen) atoms. The summed E-state index contributed by atoms with van der Waals surface area (Å²) in [7, 11) is 0. The number of carbonyl (C=O) groups is 1. The smallest absolute Gasteiger partial charge is 0.367 e. The lowest BCUT2D eigenvalue weighted by molar-refractivity contribution is -0.384. The molecule has 13 heteroatoms. The summed E-state index contributed by atoms with van der Waals surface area (Å²) in [6.07, 6.45) is -6.11. The van der Waals surface area contributed by atoms with Crippen molar-refractivity contribution in [3.05, 3.63) is 57.6 Å². The third kappa shape index (κ3) is 6.39. The van der Waals surface area contributed by atoms with E-state index < -0.39 is 45.9 Å². The van der Waals surface area contributed by atoms with Crippen molar-refractivity contribution in [3.63, 3.8) is 0 Å². The minimum absolute atomic E-state index is 0.0195. The van der Waals surface area contributed by atoms with Gasteiger partial charge in [-0.15, -0.1) is 0 Å². The van der Waals surface area contributed by atoms with Crippen LogP contribution in [0.5, 0.6) is 0 Å². The lowest BCUT2D eigenvalue weighted by Gasteiger charge is -2.37. The molecule has 0 aliphatic carbocycles. The molecule has 1 N–H and O–H groups in total. The normalized spacial score (nSPS) is 19.2. The number of anilines is 3. The number of nitro groups is 1. The summed E-state index contributed by atoms with van der Waals surface area (Å²) >= 11 is 0. The van der Waals surface area contributed by atoms with E-state index in [-0.39, 0.29) is 43.3 Å². The van der Waals surface area contributed by atoms with E-state index in [1.807, 2.05) is 11.8 Å². The molecule has 212 valence electrons. The molecule has 0 saturated carbocycles. The third-order valence-corrected chi connectivity index (χ3v) is 7.40. The van der Waals surface area contributed by atoms with Crippen LogP contribution in [0.1, 0.15) is 50.2 Å². The second-order valence-electron chi connectivity index (χ2n) is 9.98. The number of nitrogens with one attached hydrogen (secondary N) is 1. The lowest BCUT2D eigenvalue weighted by Crippen LogP contribution is -2.40. The highest BCUT2D eigenvalue weighted by atomic mass is 19.4. The molecule has 2 aliphatic rings. The molecule has 2 heterocycles. The third-order valence-electron chi connectivity index (χ3n) is 7.40. The monoisotopic (exact) mass is 558 g/mol. The van der Waals surface area contributed by atoms with Gasteiger partial charge in [0.15, 0.2) is 0 Å². The van der Waals surface area contributed by atoms with E-state index in [0.29, 0.717) is 18.3 Å². The zero-order valence-corrected chi connectivity index (χ0v) is 21.1. The Bertz CT molecular complexity index is 1230. The fourth-order valence-electron chi connectivity index (χ4n) is 5.25. The minimum Gasteiger partial charge on any atom is -0.367 e. The molecule has 2 aliphatic heterocycles. The van der Waals surface area contributed by atoms with Gasteiger partial charge in [0.05, 0.1) is 27.4 Å². The average molecular weight is 559 g/mol. The number of hydrogen-bond donors (Lipinski definition) is 1. The Balaban J connectivity index is 1.50. The van der Waals surface area contributed by atoms with Gasteiger partial charge in [-0.05, 0) is 69.4 Å². The van der Waals surface area contributed by atoms with Crippen molar-refractivity contribution < 1.29 is 36.1 Å². The zero-order valence-electron chi connectivity index (χ0n) is 21.1. The van der Waals surface area contributed by atoms with Crippen LogP contribution in [0.3, 0.4) is 0 Å². The predicted octanol–water partition coefficient (Wildman–Crippen LogP) is 6.87. The van der Waals surface area contributed by atoms with Crippen molar-refractivity contribution in [1.82, 2.24) is 0 Å². The van der Waals surface area contributed by atoms with Crippen LogP contribution in [0.25, 0.3) is 0 Å². The van der Waals surface area contributed by atoms with Crippen molar-refractivity contribution in [3.8, 4) is 0 Å². The molecular formula is C26H28F6N4O3. The molecule has 2 aromatic carbocycles. The van der Waals surface area contributed by atoms with Crippen molar-refractivity contribution >= 4 is 28.7 Å². The van der Waals surface area contributed by atoms with Crippen LogP contribution in [0.2, 0.25) is 0 Å². The molecule has 0 spiro atoms. The van der Waals surface area contributed by atoms with E-state index in [0.717, 1.165) is 43.5 Å². The first-order chi connectivity index (χ1) is 18.3. The first kappa shape index (κ1) is 28.5. The summed E-state index contributed by atoms with van der Waals surface area (Å²) in [4.78, 5) is 27.3. The summed E-state index contributed by atoms with van der Waals surface area (Å²) in [5.41, 5.74) is -2.09. The molecule has 2 fully saturated rings. The van der Waals surface area contributed by atoms with Gasteiger partial charge in [0.2, 0.25) is 5.91 Å². The van der Waals surface area contributed by atoms with Gasteiger partial charge in [0.25, 0.3) is 5.69 Å². The van der Waals surface area contributed by atoms with Gasteiger partial charge in [-0.1, -0.05) is 0 Å². The van der Waals surface area contributed by atoms with Crippen LogP contribution in [0, 0.1) is 16.0 Å². The highest BCUT2D eigenvalue weighted by molar-refractivity contribution is 5.96. The van der Waals surface area contributed by atoms with Crippen molar-refractivity contribution in [1.29, 1.82) is 0 Å². The van der Waals surface area contributed by atoms with E-state index in [1.165, 1.54) is 6.07 Å². The summed E-state index contributed by atoms with van der Waals surface area (Å²) < 4.78 is 79.5. The molecular weight excluding hydrogens is 530 g/mol. The van der Waals surface area contributed by atoms with Gasteiger partial charge in [0.1, 0.15) is 5.69 Å². The van der Waals surface area contributed by atoms with Gasteiger partial charge in [0, 0.05) is 37.7 Å². The standard InChI is InChI=1S/C26H28F6N4O3/c1-16-4-2-3-11-35(16)21-7-5-18(25(27,28)29)14-20(21)33-24(37)17-9-12-34(13-10-17)22-8-6-19(26(30,31)32)15-23(22)36(38)39/h5-8,14-17H,2-4,9-13H2,1H3,(H,33,37). The SMILES string of the molecule is CC1CCCCN1c1ccc(C(F)(F)F)cc1NC(=O)C1CCN(c2ccc(C(F)(F)F)cc2[N+](=O)[O-])CC1. The number of halogens is 6. The van der Waals surface area contributed by atoms with Crippen LogP contribution < -0.4 is 15.1 Å². The molecule has 1 unspecified atom stereocenters. The number of amides is 1. The summed E-state index contributed by atoms with van der Waals surface area (Å²) in [5, 5.41) is 14.2. The Morgan fingerprint density at radius 3 is 2.05 bits per heavy atom. The average Bonchev–Trinajstić information content (AvgIpc) is 2.88. The second kappa shape index (κ2) is 10.9. The highest BCUT2D eigenvalue weighted by Gasteiger charge is 2.36.